The summed E-state index contributed by atoms with van der Waals surface area (Å²) in [6.45, 7) is 2.81. The van der Waals surface area contributed by atoms with Crippen LogP contribution < -0.4 is 14.8 Å². The first kappa shape index (κ1) is 39.3. The van der Waals surface area contributed by atoms with Gasteiger partial charge in [-0.1, -0.05) is 59.1 Å². The molecule has 280 valence electrons. The molecule has 0 bridgehead atoms. The highest BCUT2D eigenvalue weighted by molar-refractivity contribution is 6.37. The standard InChI is InChI=1S/C37H39Cl3F3N3O6/c1-22-16-31(39)34(32(40)17-22)52-15-14-51-27-7-3-24(4-8-27)28-11-13-45(36(49)50)21-29(28)35(48)46(26-5-6-26)20-25-18-23(2-9-30(25)38)10-12-44-33(47)19-37(41,42)43/h2-4,7-9,16-18,26,28-29H,5-6,10-15,19-21H2,1H3,(H,44,47)(H,49,50)/t28-,29+/m1/s1. The highest BCUT2D eigenvalue weighted by atomic mass is 35.5. The number of alkyl halides is 3. The summed E-state index contributed by atoms with van der Waals surface area (Å²) in [6.07, 6.45) is -4.91. The maximum Gasteiger partial charge on any atom is 0.407 e. The van der Waals surface area contributed by atoms with Crippen LogP contribution in [0.4, 0.5) is 18.0 Å². The molecular weight excluding hydrogens is 746 g/mol. The van der Waals surface area contributed by atoms with Gasteiger partial charge in [0.05, 0.1) is 16.0 Å². The number of hydrogen-bond acceptors (Lipinski definition) is 5. The zero-order chi connectivity index (χ0) is 37.6. The molecule has 9 nitrogen and oxygen atoms in total. The number of nitrogens with zero attached hydrogens (tertiary/aromatic N) is 2. The predicted octanol–water partition coefficient (Wildman–Crippen LogP) is 8.30. The molecule has 3 amide bonds. The predicted molar refractivity (Wildman–Crippen MR) is 191 cm³/mol. The van der Waals surface area contributed by atoms with Crippen LogP contribution in [-0.2, 0) is 22.6 Å². The van der Waals surface area contributed by atoms with E-state index in [9.17, 15) is 32.7 Å². The van der Waals surface area contributed by atoms with Crippen molar-refractivity contribution in [3.63, 3.8) is 0 Å². The Kier molecular flexibility index (Phi) is 13.1. The number of nitrogens with one attached hydrogen (secondary N) is 1. The van der Waals surface area contributed by atoms with E-state index in [4.69, 9.17) is 44.3 Å². The summed E-state index contributed by atoms with van der Waals surface area (Å²) >= 11 is 19.1. The summed E-state index contributed by atoms with van der Waals surface area (Å²) in [6, 6.07) is 16.1. The first-order chi connectivity index (χ1) is 24.7. The highest BCUT2D eigenvalue weighted by Gasteiger charge is 2.43. The smallest absolute Gasteiger partial charge is 0.407 e. The van der Waals surface area contributed by atoms with Crippen molar-refractivity contribution in [2.75, 3.05) is 32.8 Å². The summed E-state index contributed by atoms with van der Waals surface area (Å²) in [4.78, 5) is 41.1. The third-order valence-corrected chi connectivity index (χ3v) is 10.00. The van der Waals surface area contributed by atoms with Gasteiger partial charge in [0.1, 0.15) is 25.4 Å². The van der Waals surface area contributed by atoms with Gasteiger partial charge < -0.3 is 29.7 Å². The summed E-state index contributed by atoms with van der Waals surface area (Å²) < 4.78 is 49.1. The number of piperidine rings is 1. The van der Waals surface area contributed by atoms with Crippen molar-refractivity contribution < 1.29 is 42.1 Å². The van der Waals surface area contributed by atoms with Crippen LogP contribution >= 0.6 is 34.8 Å². The highest BCUT2D eigenvalue weighted by Crippen LogP contribution is 2.39. The van der Waals surface area contributed by atoms with Crippen LogP contribution in [0.3, 0.4) is 0 Å². The molecule has 2 aliphatic rings. The Morgan fingerprint density at radius 3 is 2.25 bits per heavy atom. The van der Waals surface area contributed by atoms with E-state index >= 15 is 0 Å². The van der Waals surface area contributed by atoms with Crippen LogP contribution in [0.25, 0.3) is 0 Å². The number of likely N-dealkylation sites (tertiary alicyclic amines) is 1. The SMILES string of the molecule is Cc1cc(Cl)c(OCCOc2ccc([C@H]3CCN(C(=O)O)C[C@@H]3C(=O)N(Cc3cc(CCNC(=O)CC(F)(F)F)ccc3Cl)C3CC3)cc2)c(Cl)c1. The third-order valence-electron chi connectivity index (χ3n) is 9.07. The van der Waals surface area contributed by atoms with E-state index in [2.05, 4.69) is 5.32 Å². The Hall–Kier alpha value is -3.87. The minimum absolute atomic E-state index is 0.00477. The van der Waals surface area contributed by atoms with E-state index < -0.39 is 30.5 Å². The molecule has 3 aromatic carbocycles. The van der Waals surface area contributed by atoms with Gasteiger partial charge >= 0.3 is 12.3 Å². The Bertz CT molecular complexity index is 1730. The third kappa shape index (κ3) is 10.8. The second kappa shape index (κ2) is 17.3. The molecule has 15 heteroatoms. The fourth-order valence-corrected chi connectivity index (χ4v) is 7.26. The summed E-state index contributed by atoms with van der Waals surface area (Å²) in [5.41, 5.74) is 3.19. The van der Waals surface area contributed by atoms with Crippen molar-refractivity contribution in [1.29, 1.82) is 0 Å². The van der Waals surface area contributed by atoms with Crippen molar-refractivity contribution in [2.24, 2.45) is 5.92 Å². The molecular formula is C37H39Cl3F3N3O6. The molecule has 5 rings (SSSR count). The van der Waals surface area contributed by atoms with Crippen LogP contribution in [-0.4, -0.2) is 77.9 Å². The molecule has 3 aromatic rings. The van der Waals surface area contributed by atoms with E-state index in [-0.39, 0.29) is 63.7 Å². The lowest BCUT2D eigenvalue weighted by Gasteiger charge is -2.39. The minimum atomic E-state index is -4.59. The minimum Gasteiger partial charge on any atom is -0.490 e. The van der Waals surface area contributed by atoms with E-state index in [1.54, 1.807) is 35.2 Å². The molecule has 0 spiro atoms. The van der Waals surface area contributed by atoms with Crippen LogP contribution in [0.5, 0.6) is 11.5 Å². The van der Waals surface area contributed by atoms with Gasteiger partial charge in [-0.05, 0) is 91.1 Å². The molecule has 0 aromatic heterocycles. The fourth-order valence-electron chi connectivity index (χ4n) is 6.38. The van der Waals surface area contributed by atoms with Gasteiger partial charge in [-0.15, -0.1) is 0 Å². The van der Waals surface area contributed by atoms with Crippen molar-refractivity contribution in [3.8, 4) is 11.5 Å². The first-order valence-corrected chi connectivity index (χ1v) is 18.0. The molecule has 2 fully saturated rings. The average molecular weight is 785 g/mol. The maximum atomic E-state index is 14.4. The van der Waals surface area contributed by atoms with Crippen LogP contribution in [0.2, 0.25) is 15.1 Å². The Morgan fingerprint density at radius 1 is 0.942 bits per heavy atom. The number of benzene rings is 3. The number of halogens is 6. The average Bonchev–Trinajstić information content (AvgIpc) is 3.92. The van der Waals surface area contributed by atoms with Crippen LogP contribution in [0.15, 0.2) is 54.6 Å². The van der Waals surface area contributed by atoms with E-state index in [0.29, 0.717) is 38.6 Å². The van der Waals surface area contributed by atoms with Crippen molar-refractivity contribution >= 4 is 52.7 Å². The Morgan fingerprint density at radius 2 is 1.62 bits per heavy atom. The lowest BCUT2D eigenvalue weighted by molar-refractivity contribution is -0.153. The molecule has 1 heterocycles. The zero-order valence-corrected chi connectivity index (χ0v) is 30.6. The summed E-state index contributed by atoms with van der Waals surface area (Å²) in [5, 5.41) is 13.4. The molecule has 1 saturated heterocycles. The Balaban J connectivity index is 1.24. The van der Waals surface area contributed by atoms with Crippen molar-refractivity contribution in [3.05, 3.63) is 91.9 Å². The monoisotopic (exact) mass is 783 g/mol. The molecule has 1 aliphatic heterocycles. The number of amides is 3. The van der Waals surface area contributed by atoms with Gasteiger partial charge in [0.2, 0.25) is 11.8 Å². The molecule has 2 atom stereocenters. The van der Waals surface area contributed by atoms with Crippen LogP contribution in [0.1, 0.15) is 53.9 Å². The fraction of sp³-hybridized carbons (Fsp3) is 0.432. The molecule has 52 heavy (non-hydrogen) atoms. The summed E-state index contributed by atoms with van der Waals surface area (Å²) in [7, 11) is 0. The number of hydrogen-bond donors (Lipinski definition) is 2. The normalized spacial score (nSPS) is 17.4. The van der Waals surface area contributed by atoms with Crippen LogP contribution in [0, 0.1) is 12.8 Å². The first-order valence-electron chi connectivity index (χ1n) is 16.9. The van der Waals surface area contributed by atoms with E-state index in [0.717, 1.165) is 29.5 Å². The number of carbonyl (C=O) groups is 3. The zero-order valence-electron chi connectivity index (χ0n) is 28.4. The molecule has 0 unspecified atom stereocenters. The van der Waals surface area contributed by atoms with Gasteiger partial charge in [0.15, 0.2) is 5.75 Å². The lowest BCUT2D eigenvalue weighted by atomic mass is 9.79. The van der Waals surface area contributed by atoms with Gasteiger partial charge in [0.25, 0.3) is 0 Å². The largest absolute Gasteiger partial charge is 0.490 e. The molecule has 1 saturated carbocycles. The van der Waals surface area contributed by atoms with E-state index in [1.165, 1.54) is 4.90 Å². The number of rotatable bonds is 14. The molecule has 2 N–H and O–H groups in total. The van der Waals surface area contributed by atoms with E-state index in [1.807, 2.05) is 31.2 Å². The quantitative estimate of drug-likeness (QED) is 0.159. The second-order valence-electron chi connectivity index (χ2n) is 13.1. The van der Waals surface area contributed by atoms with Crippen molar-refractivity contribution in [1.82, 2.24) is 15.1 Å². The number of aryl methyl sites for hydroxylation is 1. The lowest BCUT2D eigenvalue weighted by Crippen LogP contribution is -2.49. The van der Waals surface area contributed by atoms with Gasteiger partial charge in [0, 0.05) is 37.2 Å². The molecule has 1 aliphatic carbocycles. The number of ether oxygens (including phenoxy) is 2. The topological polar surface area (TPSA) is 108 Å². The van der Waals surface area contributed by atoms with Gasteiger partial charge in [-0.3, -0.25) is 9.59 Å². The Labute approximate surface area is 314 Å². The number of carbonyl (C=O) groups excluding carboxylic acids is 2. The van der Waals surface area contributed by atoms with Gasteiger partial charge in [-0.25, -0.2) is 4.79 Å². The number of carboxylic acid groups (broad SMARTS) is 1. The maximum absolute atomic E-state index is 14.4. The van der Waals surface area contributed by atoms with Gasteiger partial charge in [-0.2, -0.15) is 13.2 Å². The second-order valence-corrected chi connectivity index (χ2v) is 14.3. The van der Waals surface area contributed by atoms with Crippen molar-refractivity contribution in [2.45, 2.75) is 63.7 Å². The molecule has 0 radical (unpaired) electrons. The summed E-state index contributed by atoms with van der Waals surface area (Å²) in [5.74, 6) is -1.21.